The summed E-state index contributed by atoms with van der Waals surface area (Å²) in [6.45, 7) is 0. The Bertz CT molecular complexity index is 902. The molecule has 23 heavy (non-hydrogen) atoms. The molecule has 0 unspecified atom stereocenters. The van der Waals surface area contributed by atoms with Crippen molar-refractivity contribution in [1.29, 1.82) is 0 Å². The van der Waals surface area contributed by atoms with Crippen molar-refractivity contribution in [2.45, 2.75) is 5.75 Å². The minimum Gasteiger partial charge on any atom is -0.334 e. The van der Waals surface area contributed by atoms with E-state index in [0.717, 1.165) is 4.31 Å². The Balaban J connectivity index is 1.88. The summed E-state index contributed by atoms with van der Waals surface area (Å²) in [5.41, 5.74) is 1.35. The first-order chi connectivity index (χ1) is 11.0. The van der Waals surface area contributed by atoms with Gasteiger partial charge < -0.3 is 4.52 Å². The van der Waals surface area contributed by atoms with E-state index in [1.807, 2.05) is 6.07 Å². The van der Waals surface area contributed by atoms with Crippen LogP contribution in [0, 0.1) is 0 Å². The van der Waals surface area contributed by atoms with Crippen LogP contribution >= 0.6 is 0 Å². The zero-order chi connectivity index (χ0) is 16.4. The first-order valence-corrected chi connectivity index (χ1v) is 8.13. The molecule has 0 aliphatic heterocycles. The lowest BCUT2D eigenvalue weighted by Gasteiger charge is -2.08. The van der Waals surface area contributed by atoms with Crippen LogP contribution in [-0.4, -0.2) is 57.2 Å². The largest absolute Gasteiger partial charge is 0.334 e. The third kappa shape index (κ3) is 3.24. The van der Waals surface area contributed by atoms with Crippen LogP contribution < -0.4 is 0 Å². The van der Waals surface area contributed by atoms with E-state index < -0.39 is 10.0 Å². The van der Waals surface area contributed by atoms with Crippen LogP contribution in [0.15, 0.2) is 35.1 Å². The zero-order valence-corrected chi connectivity index (χ0v) is 13.2. The number of benzene rings is 1. The molecule has 0 N–H and O–H groups in total. The van der Waals surface area contributed by atoms with Gasteiger partial charge in [0.15, 0.2) is 5.82 Å². The first-order valence-electron chi connectivity index (χ1n) is 6.52. The molecule has 0 spiro atoms. The average molecular weight is 335 g/mol. The fourth-order valence-electron chi connectivity index (χ4n) is 1.78. The number of rotatable bonds is 5. The molecule has 0 amide bonds. The fourth-order valence-corrected chi connectivity index (χ4v) is 2.48. The Labute approximate surface area is 131 Å². The van der Waals surface area contributed by atoms with Gasteiger partial charge in [0.2, 0.25) is 10.0 Å². The Morgan fingerprint density at radius 2 is 2.13 bits per heavy atom. The second kappa shape index (κ2) is 5.85. The van der Waals surface area contributed by atoms with Gasteiger partial charge >= 0.3 is 0 Å². The Morgan fingerprint density at radius 1 is 1.30 bits per heavy atom. The lowest BCUT2D eigenvalue weighted by molar-refractivity contribution is 0.423. The van der Waals surface area contributed by atoms with Crippen molar-refractivity contribution in [2.24, 2.45) is 0 Å². The van der Waals surface area contributed by atoms with Gasteiger partial charge in [0.25, 0.3) is 5.89 Å². The Kier molecular flexibility index (Phi) is 3.88. The summed E-state index contributed by atoms with van der Waals surface area (Å²) in [5.74, 6) is 0.00122. The highest BCUT2D eigenvalue weighted by atomic mass is 32.2. The normalized spacial score (nSPS) is 12.0. The highest BCUT2D eigenvalue weighted by Crippen LogP contribution is 2.20. The maximum absolute atomic E-state index is 11.8. The zero-order valence-electron chi connectivity index (χ0n) is 12.4. The van der Waals surface area contributed by atoms with E-state index >= 15 is 0 Å². The summed E-state index contributed by atoms with van der Waals surface area (Å²) >= 11 is 0. The number of hydrogen-bond donors (Lipinski definition) is 0. The SMILES string of the molecule is CN(C)S(=O)(=O)Cc1noc(-c2cccc(-n3cnnn3)c2)n1. The lowest BCUT2D eigenvalue weighted by atomic mass is 10.2. The van der Waals surface area contributed by atoms with Crippen molar-refractivity contribution in [1.82, 2.24) is 34.7 Å². The highest BCUT2D eigenvalue weighted by Gasteiger charge is 2.19. The van der Waals surface area contributed by atoms with Crippen molar-refractivity contribution in [2.75, 3.05) is 14.1 Å². The molecule has 0 aliphatic carbocycles. The van der Waals surface area contributed by atoms with Crippen molar-refractivity contribution < 1.29 is 12.9 Å². The maximum atomic E-state index is 11.8. The van der Waals surface area contributed by atoms with Crippen molar-refractivity contribution in [3.63, 3.8) is 0 Å². The molecule has 0 saturated heterocycles. The van der Waals surface area contributed by atoms with Gasteiger partial charge in [-0.15, -0.1) is 5.10 Å². The van der Waals surface area contributed by atoms with Crippen LogP contribution in [0.5, 0.6) is 0 Å². The van der Waals surface area contributed by atoms with Gasteiger partial charge in [0.05, 0.1) is 5.69 Å². The molecule has 3 aromatic rings. The molecule has 0 radical (unpaired) electrons. The number of hydrogen-bond acceptors (Lipinski definition) is 8. The summed E-state index contributed by atoms with van der Waals surface area (Å²) in [6, 6.07) is 7.13. The molecule has 10 nitrogen and oxygen atoms in total. The molecule has 0 aliphatic rings. The van der Waals surface area contributed by atoms with Gasteiger partial charge in [-0.3, -0.25) is 0 Å². The number of sulfonamides is 1. The van der Waals surface area contributed by atoms with Crippen molar-refractivity contribution in [3.8, 4) is 17.1 Å². The molecule has 0 fully saturated rings. The standard InChI is InChI=1S/C12H13N7O3S/c1-18(2)23(20,21)7-11-14-12(22-15-11)9-4-3-5-10(6-9)19-8-13-16-17-19/h3-6,8H,7H2,1-2H3. The third-order valence-corrected chi connectivity index (χ3v) is 4.78. The maximum Gasteiger partial charge on any atom is 0.258 e. The minimum absolute atomic E-state index is 0.0986. The van der Waals surface area contributed by atoms with Gasteiger partial charge in [0.1, 0.15) is 12.1 Å². The summed E-state index contributed by atoms with van der Waals surface area (Å²) < 4.78 is 31.4. The van der Waals surface area contributed by atoms with E-state index in [1.165, 1.54) is 25.1 Å². The molecule has 0 bridgehead atoms. The molecule has 0 atom stereocenters. The molecule has 2 aromatic heterocycles. The van der Waals surface area contributed by atoms with E-state index in [1.54, 1.807) is 18.2 Å². The van der Waals surface area contributed by atoms with E-state index in [0.29, 0.717) is 11.3 Å². The van der Waals surface area contributed by atoms with E-state index in [9.17, 15) is 8.42 Å². The topological polar surface area (TPSA) is 120 Å². The predicted molar refractivity (Wildman–Crippen MR) is 78.8 cm³/mol. The van der Waals surface area contributed by atoms with Crippen molar-refractivity contribution >= 4 is 10.0 Å². The second-order valence-electron chi connectivity index (χ2n) is 4.86. The number of aromatic nitrogens is 6. The van der Waals surface area contributed by atoms with Gasteiger partial charge in [-0.25, -0.2) is 17.4 Å². The predicted octanol–water partition coefficient (Wildman–Crippen LogP) is 0.104. The van der Waals surface area contributed by atoms with E-state index in [-0.39, 0.29) is 17.5 Å². The van der Waals surface area contributed by atoms with Gasteiger partial charge in [-0.05, 0) is 28.6 Å². The van der Waals surface area contributed by atoms with Crippen molar-refractivity contribution in [3.05, 3.63) is 36.4 Å². The summed E-state index contributed by atoms with van der Waals surface area (Å²) in [4.78, 5) is 4.13. The summed E-state index contributed by atoms with van der Waals surface area (Å²) in [7, 11) is -0.545. The number of tetrazole rings is 1. The molecule has 11 heteroatoms. The first kappa shape index (κ1) is 15.2. The van der Waals surface area contributed by atoms with E-state index in [4.69, 9.17) is 4.52 Å². The quantitative estimate of drug-likeness (QED) is 0.644. The van der Waals surface area contributed by atoms with Crippen LogP contribution in [0.4, 0.5) is 0 Å². The molecular weight excluding hydrogens is 322 g/mol. The monoisotopic (exact) mass is 335 g/mol. The smallest absolute Gasteiger partial charge is 0.258 e. The van der Waals surface area contributed by atoms with Crippen LogP contribution in [0.2, 0.25) is 0 Å². The van der Waals surface area contributed by atoms with Crippen LogP contribution in [0.3, 0.4) is 0 Å². The fraction of sp³-hybridized carbons (Fsp3) is 0.250. The van der Waals surface area contributed by atoms with E-state index in [2.05, 4.69) is 25.7 Å². The van der Waals surface area contributed by atoms with Crippen LogP contribution in [0.25, 0.3) is 17.1 Å². The second-order valence-corrected chi connectivity index (χ2v) is 7.04. The third-order valence-electron chi connectivity index (χ3n) is 3.04. The molecule has 1 aromatic carbocycles. The van der Waals surface area contributed by atoms with Gasteiger partial charge in [0, 0.05) is 19.7 Å². The van der Waals surface area contributed by atoms with Gasteiger partial charge in [-0.1, -0.05) is 11.2 Å². The van der Waals surface area contributed by atoms with Gasteiger partial charge in [-0.2, -0.15) is 4.98 Å². The molecule has 2 heterocycles. The van der Waals surface area contributed by atoms with Crippen LogP contribution in [0.1, 0.15) is 5.82 Å². The average Bonchev–Trinajstić information content (AvgIpc) is 3.18. The highest BCUT2D eigenvalue weighted by molar-refractivity contribution is 7.88. The molecule has 120 valence electrons. The summed E-state index contributed by atoms with van der Waals surface area (Å²) in [6.07, 6.45) is 1.46. The van der Waals surface area contributed by atoms with Crippen LogP contribution in [-0.2, 0) is 15.8 Å². The Morgan fingerprint density at radius 3 is 2.83 bits per heavy atom. The number of nitrogens with zero attached hydrogens (tertiary/aromatic N) is 7. The summed E-state index contributed by atoms with van der Waals surface area (Å²) in [5, 5.41) is 14.7. The lowest BCUT2D eigenvalue weighted by Crippen LogP contribution is -2.24. The minimum atomic E-state index is -3.45. The molecule has 0 saturated carbocycles. The Hall–Kier alpha value is -2.66. The molecular formula is C12H13N7O3S. The molecule has 3 rings (SSSR count).